The van der Waals surface area contributed by atoms with Crippen LogP contribution in [-0.4, -0.2) is 4.57 Å². The zero-order chi connectivity index (χ0) is 13.1. The van der Waals surface area contributed by atoms with E-state index in [1.807, 2.05) is 6.07 Å². The van der Waals surface area contributed by atoms with Crippen LogP contribution in [0.5, 0.6) is 0 Å². The lowest BCUT2D eigenvalue weighted by Gasteiger charge is -2.09. The predicted octanol–water partition coefficient (Wildman–Crippen LogP) is 4.70. The molecule has 1 aromatic heterocycles. The zero-order valence-corrected chi connectivity index (χ0v) is 13.1. The molecule has 1 heterocycles. The molecule has 0 saturated heterocycles. The maximum atomic E-state index is 9.22. The van der Waals surface area contributed by atoms with Crippen LogP contribution in [0.2, 0.25) is 0 Å². The van der Waals surface area contributed by atoms with Gasteiger partial charge >= 0.3 is 0 Å². The quantitative estimate of drug-likeness (QED) is 0.722. The Hall–Kier alpha value is -1.05. The summed E-state index contributed by atoms with van der Waals surface area (Å²) in [4.78, 5) is 0. The molecule has 0 aliphatic rings. The molecule has 0 bridgehead atoms. The van der Waals surface area contributed by atoms with Crippen LogP contribution >= 0.6 is 31.9 Å². The number of hydrogen-bond acceptors (Lipinski definition) is 1. The molecule has 0 amide bonds. The van der Waals surface area contributed by atoms with E-state index in [1.165, 1.54) is 5.56 Å². The second-order valence-electron chi connectivity index (χ2n) is 3.92. The summed E-state index contributed by atoms with van der Waals surface area (Å²) in [6.07, 6.45) is 0. The maximum Gasteiger partial charge on any atom is 0.101 e. The summed E-state index contributed by atoms with van der Waals surface area (Å²) in [5.74, 6) is 0. The summed E-state index contributed by atoms with van der Waals surface area (Å²) in [5, 5.41) is 10.1. The van der Waals surface area contributed by atoms with Crippen LogP contribution in [0, 0.1) is 11.3 Å². The van der Waals surface area contributed by atoms with E-state index in [-0.39, 0.29) is 0 Å². The highest BCUT2D eigenvalue weighted by Gasteiger charge is 2.14. The molecular weight excluding hydrogens is 356 g/mol. The molecule has 2 nitrogen and oxygen atoms in total. The Morgan fingerprint density at radius 1 is 1.28 bits per heavy atom. The molecule has 0 N–H and O–H groups in total. The fourth-order valence-corrected chi connectivity index (χ4v) is 3.01. The second kappa shape index (κ2) is 5.73. The van der Waals surface area contributed by atoms with Gasteiger partial charge in [-0.05, 0) is 40.0 Å². The fraction of sp³-hybridized carbons (Fsp3) is 0.214. The summed E-state index contributed by atoms with van der Waals surface area (Å²) < 4.78 is 3.04. The minimum atomic E-state index is 0.704. The molecule has 0 saturated carbocycles. The third-order valence-electron chi connectivity index (χ3n) is 2.86. The van der Waals surface area contributed by atoms with Crippen molar-refractivity contribution in [3.05, 3.63) is 46.1 Å². The molecule has 2 aromatic rings. The number of alkyl halides is 1. The van der Waals surface area contributed by atoms with Crippen LogP contribution in [-0.2, 0) is 11.9 Å². The second-order valence-corrected chi connectivity index (χ2v) is 5.29. The summed E-state index contributed by atoms with van der Waals surface area (Å²) >= 11 is 6.93. The third-order valence-corrected chi connectivity index (χ3v) is 4.17. The number of hydrogen-bond donors (Lipinski definition) is 0. The van der Waals surface area contributed by atoms with Gasteiger partial charge in [-0.15, -0.1) is 0 Å². The lowest BCUT2D eigenvalue weighted by molar-refractivity contribution is 0.759. The number of aromatic nitrogens is 1. The lowest BCUT2D eigenvalue weighted by atomic mass is 10.1. The first-order chi connectivity index (χ1) is 8.71. The molecular formula is C14H12Br2N2. The van der Waals surface area contributed by atoms with Gasteiger partial charge in [-0.2, -0.15) is 5.26 Å². The first kappa shape index (κ1) is 13.4. The first-order valence-electron chi connectivity index (χ1n) is 5.65. The molecule has 92 valence electrons. The summed E-state index contributed by atoms with van der Waals surface area (Å²) in [6, 6.07) is 12.4. The van der Waals surface area contributed by atoms with Crippen LogP contribution in [0.15, 0.2) is 34.9 Å². The average molecular weight is 368 g/mol. The largest absolute Gasteiger partial charge is 0.334 e. The van der Waals surface area contributed by atoms with E-state index in [1.54, 1.807) is 0 Å². The van der Waals surface area contributed by atoms with Gasteiger partial charge < -0.3 is 4.57 Å². The highest BCUT2D eigenvalue weighted by Crippen LogP contribution is 2.30. The van der Waals surface area contributed by atoms with Crippen LogP contribution in [0.25, 0.3) is 11.3 Å². The fourth-order valence-electron chi connectivity index (χ4n) is 1.98. The van der Waals surface area contributed by atoms with Crippen molar-refractivity contribution in [3.8, 4) is 17.3 Å². The molecule has 1 aromatic carbocycles. The molecule has 4 heteroatoms. The molecule has 0 spiro atoms. The third kappa shape index (κ3) is 2.38. The lowest BCUT2D eigenvalue weighted by Crippen LogP contribution is -1.98. The van der Waals surface area contributed by atoms with E-state index >= 15 is 0 Å². The van der Waals surface area contributed by atoms with E-state index in [2.05, 4.69) is 73.7 Å². The van der Waals surface area contributed by atoms with Gasteiger partial charge in [0.2, 0.25) is 0 Å². The van der Waals surface area contributed by atoms with Crippen LogP contribution in [0.4, 0.5) is 0 Å². The first-order valence-corrected chi connectivity index (χ1v) is 7.57. The van der Waals surface area contributed by atoms with Crippen molar-refractivity contribution < 1.29 is 0 Å². The molecule has 0 aliphatic heterocycles. The van der Waals surface area contributed by atoms with Gasteiger partial charge in [0, 0.05) is 11.9 Å². The highest BCUT2D eigenvalue weighted by atomic mass is 79.9. The summed E-state index contributed by atoms with van der Waals surface area (Å²) in [5.41, 5.74) is 3.98. The Morgan fingerprint density at radius 3 is 2.44 bits per heavy atom. The molecule has 0 unspecified atom stereocenters. The molecule has 2 rings (SSSR count). The van der Waals surface area contributed by atoms with Crippen LogP contribution in [0.3, 0.4) is 0 Å². The molecule has 18 heavy (non-hydrogen) atoms. The summed E-state index contributed by atoms with van der Waals surface area (Å²) in [7, 11) is 0. The van der Waals surface area contributed by atoms with Crippen molar-refractivity contribution in [2.45, 2.75) is 18.8 Å². The van der Waals surface area contributed by atoms with Gasteiger partial charge in [-0.1, -0.05) is 40.2 Å². The van der Waals surface area contributed by atoms with Crippen molar-refractivity contribution in [2.75, 3.05) is 0 Å². The van der Waals surface area contributed by atoms with Crippen molar-refractivity contribution in [1.82, 2.24) is 4.57 Å². The smallest absolute Gasteiger partial charge is 0.101 e. The minimum Gasteiger partial charge on any atom is -0.334 e. The van der Waals surface area contributed by atoms with E-state index in [0.717, 1.165) is 27.7 Å². The average Bonchev–Trinajstić information content (AvgIpc) is 2.74. The molecule has 0 fully saturated rings. The van der Waals surface area contributed by atoms with E-state index in [4.69, 9.17) is 0 Å². The van der Waals surface area contributed by atoms with Gasteiger partial charge in [-0.25, -0.2) is 0 Å². The normalized spacial score (nSPS) is 10.3. The van der Waals surface area contributed by atoms with E-state index < -0.39 is 0 Å². The Bertz CT molecular complexity index is 591. The van der Waals surface area contributed by atoms with Gasteiger partial charge in [0.1, 0.15) is 6.07 Å². The Labute approximate surface area is 123 Å². The number of halogens is 2. The Balaban J connectivity index is 2.58. The number of nitriles is 1. The van der Waals surface area contributed by atoms with Gasteiger partial charge in [0.25, 0.3) is 0 Å². The number of benzene rings is 1. The maximum absolute atomic E-state index is 9.22. The molecule has 0 radical (unpaired) electrons. The van der Waals surface area contributed by atoms with Gasteiger partial charge in [0.05, 0.1) is 15.9 Å². The Kier molecular flexibility index (Phi) is 4.26. The van der Waals surface area contributed by atoms with Crippen molar-refractivity contribution in [3.63, 3.8) is 0 Å². The predicted molar refractivity (Wildman–Crippen MR) is 80.6 cm³/mol. The standard InChI is InChI=1S/C14H12Br2N2/c1-2-18-13(16)7-12(9-17)14(18)11-5-3-10(8-15)4-6-11/h3-7H,2,8H2,1H3. The highest BCUT2D eigenvalue weighted by molar-refractivity contribution is 9.10. The van der Waals surface area contributed by atoms with Crippen molar-refractivity contribution in [2.24, 2.45) is 0 Å². The SMILES string of the molecule is CCn1c(Br)cc(C#N)c1-c1ccc(CBr)cc1. The monoisotopic (exact) mass is 366 g/mol. The molecule has 0 atom stereocenters. The van der Waals surface area contributed by atoms with Crippen molar-refractivity contribution in [1.29, 1.82) is 5.26 Å². The topological polar surface area (TPSA) is 28.7 Å². The number of rotatable bonds is 3. The van der Waals surface area contributed by atoms with E-state index in [0.29, 0.717) is 5.56 Å². The number of nitrogens with zero attached hydrogens (tertiary/aromatic N) is 2. The van der Waals surface area contributed by atoms with Crippen LogP contribution < -0.4 is 0 Å². The molecule has 0 aliphatic carbocycles. The minimum absolute atomic E-state index is 0.704. The zero-order valence-electron chi connectivity index (χ0n) is 9.95. The van der Waals surface area contributed by atoms with Crippen LogP contribution in [0.1, 0.15) is 18.1 Å². The van der Waals surface area contributed by atoms with E-state index in [9.17, 15) is 5.26 Å². The van der Waals surface area contributed by atoms with Crippen molar-refractivity contribution >= 4 is 31.9 Å². The van der Waals surface area contributed by atoms with Gasteiger partial charge in [-0.3, -0.25) is 0 Å². The summed E-state index contributed by atoms with van der Waals surface area (Å²) in [6.45, 7) is 2.90. The Morgan fingerprint density at radius 2 is 1.94 bits per heavy atom. The van der Waals surface area contributed by atoms with Gasteiger partial charge in [0.15, 0.2) is 0 Å².